The number of carbonyl (C=O) groups is 2. The van der Waals surface area contributed by atoms with Gasteiger partial charge in [-0.2, -0.15) is 0 Å². The fourth-order valence-corrected chi connectivity index (χ4v) is 7.10. The Morgan fingerprint density at radius 3 is 2.68 bits per heavy atom. The molecule has 0 aliphatic heterocycles. The third kappa shape index (κ3) is 2.24. The first-order valence-electron chi connectivity index (χ1n) is 9.94. The second-order valence-electron chi connectivity index (χ2n) is 9.36. The SMILES string of the molecule is C[C@@]12C(=CC(=O)C=C1OF)CC[C@@H]1[C@@H]2C(O)C[C@@]2(C)[C@H]1CC[C@]2(O)C(=O)CO. The van der Waals surface area contributed by atoms with E-state index in [9.17, 15) is 29.4 Å². The maximum Gasteiger partial charge on any atom is 0.190 e. The average Bonchev–Trinajstić information content (AvgIpc) is 2.92. The Morgan fingerprint density at radius 1 is 1.32 bits per heavy atom. The molecular formula is C21H27FO6. The molecule has 3 fully saturated rings. The van der Waals surface area contributed by atoms with E-state index in [1.807, 2.05) is 6.92 Å². The number of aliphatic hydroxyl groups excluding tert-OH is 2. The number of aliphatic hydroxyl groups is 3. The van der Waals surface area contributed by atoms with E-state index in [2.05, 4.69) is 4.94 Å². The summed E-state index contributed by atoms with van der Waals surface area (Å²) in [5.41, 5.74) is -2.71. The minimum atomic E-state index is -1.67. The molecule has 0 heterocycles. The molecular weight excluding hydrogens is 367 g/mol. The molecule has 3 saturated carbocycles. The summed E-state index contributed by atoms with van der Waals surface area (Å²) in [4.78, 5) is 28.4. The van der Waals surface area contributed by atoms with Crippen molar-refractivity contribution in [3.63, 3.8) is 0 Å². The molecule has 6 nitrogen and oxygen atoms in total. The molecule has 4 rings (SSSR count). The molecule has 0 aromatic carbocycles. The van der Waals surface area contributed by atoms with Crippen LogP contribution in [0.1, 0.15) is 46.0 Å². The summed E-state index contributed by atoms with van der Waals surface area (Å²) in [5.74, 6) is -1.51. The van der Waals surface area contributed by atoms with Gasteiger partial charge < -0.3 is 15.3 Å². The number of hydrogen-bond acceptors (Lipinski definition) is 6. The molecule has 3 N–H and O–H groups in total. The fraction of sp³-hybridized carbons (Fsp3) is 0.714. The van der Waals surface area contributed by atoms with Gasteiger partial charge in [0.1, 0.15) is 12.2 Å². The maximum atomic E-state index is 13.4. The number of halogens is 1. The lowest BCUT2D eigenvalue weighted by Crippen LogP contribution is -2.62. The highest BCUT2D eigenvalue weighted by Crippen LogP contribution is 2.68. The predicted molar refractivity (Wildman–Crippen MR) is 96.2 cm³/mol. The van der Waals surface area contributed by atoms with Gasteiger partial charge in [-0.1, -0.05) is 12.5 Å². The lowest BCUT2D eigenvalue weighted by atomic mass is 9.46. The molecule has 4 aliphatic rings. The molecule has 28 heavy (non-hydrogen) atoms. The maximum absolute atomic E-state index is 13.4. The zero-order valence-corrected chi connectivity index (χ0v) is 16.2. The first kappa shape index (κ1) is 19.7. The summed E-state index contributed by atoms with van der Waals surface area (Å²) >= 11 is 0. The molecule has 4 aliphatic carbocycles. The largest absolute Gasteiger partial charge is 0.393 e. The lowest BCUT2D eigenvalue weighted by Gasteiger charge is -2.59. The van der Waals surface area contributed by atoms with Gasteiger partial charge in [-0.3, -0.25) is 14.5 Å². The van der Waals surface area contributed by atoms with Crippen LogP contribution >= 0.6 is 0 Å². The zero-order chi connectivity index (χ0) is 20.5. The van der Waals surface area contributed by atoms with Crippen LogP contribution in [0, 0.1) is 28.6 Å². The smallest absolute Gasteiger partial charge is 0.190 e. The van der Waals surface area contributed by atoms with Crippen LogP contribution < -0.4 is 0 Å². The third-order valence-electron chi connectivity index (χ3n) is 8.48. The summed E-state index contributed by atoms with van der Waals surface area (Å²) < 4.78 is 13.4. The van der Waals surface area contributed by atoms with E-state index in [1.54, 1.807) is 6.92 Å². The Hall–Kier alpha value is -1.57. The Bertz CT molecular complexity index is 772. The monoisotopic (exact) mass is 394 g/mol. The van der Waals surface area contributed by atoms with Gasteiger partial charge in [-0.15, -0.1) is 0 Å². The highest BCUT2D eigenvalue weighted by Gasteiger charge is 2.69. The molecule has 0 radical (unpaired) electrons. The Labute approximate surface area is 163 Å². The number of allylic oxidation sites excluding steroid dienone is 3. The van der Waals surface area contributed by atoms with Crippen molar-refractivity contribution >= 4 is 11.6 Å². The van der Waals surface area contributed by atoms with E-state index in [0.717, 1.165) is 11.6 Å². The number of carbonyl (C=O) groups excluding carboxylic acids is 2. The number of ketones is 2. The Balaban J connectivity index is 1.78. The third-order valence-corrected chi connectivity index (χ3v) is 8.48. The van der Waals surface area contributed by atoms with Crippen LogP contribution in [0.25, 0.3) is 0 Å². The molecule has 0 spiro atoms. The Morgan fingerprint density at radius 2 is 2.04 bits per heavy atom. The number of fused-ring (bicyclic) bond motifs is 5. The topological polar surface area (TPSA) is 104 Å². The molecule has 154 valence electrons. The van der Waals surface area contributed by atoms with E-state index >= 15 is 0 Å². The van der Waals surface area contributed by atoms with Crippen LogP contribution in [0.2, 0.25) is 0 Å². The van der Waals surface area contributed by atoms with Gasteiger partial charge in [0, 0.05) is 21.9 Å². The standard InChI is InChI=1S/C21H27FO6/c1-19-9-15(25)18-13(14(19)5-6-21(19,27)16(26)10-23)4-3-11-7-12(24)8-17(28-22)20(11,18)2/h7-8,13-15,18,23,25,27H,3-6,9-10H2,1-2H3/t13-,14-,15?,18+,19-,20+,21-/m0/s1. The second-order valence-corrected chi connectivity index (χ2v) is 9.36. The number of Topliss-reactive ketones (excluding diaryl/α,β-unsaturated/α-hetero) is 1. The first-order valence-corrected chi connectivity index (χ1v) is 9.94. The fourth-order valence-electron chi connectivity index (χ4n) is 7.10. The number of rotatable bonds is 3. The number of hydrogen-bond donors (Lipinski definition) is 3. The van der Waals surface area contributed by atoms with Gasteiger partial charge in [0.15, 0.2) is 17.3 Å². The van der Waals surface area contributed by atoms with Crippen molar-refractivity contribution in [1.29, 1.82) is 0 Å². The van der Waals surface area contributed by atoms with Crippen LogP contribution in [0.15, 0.2) is 23.5 Å². The van der Waals surface area contributed by atoms with Crippen molar-refractivity contribution in [3.8, 4) is 0 Å². The van der Waals surface area contributed by atoms with Crippen molar-refractivity contribution in [3.05, 3.63) is 23.5 Å². The molecule has 1 unspecified atom stereocenters. The van der Waals surface area contributed by atoms with Crippen molar-refractivity contribution in [2.45, 2.75) is 57.7 Å². The van der Waals surface area contributed by atoms with Gasteiger partial charge in [0.05, 0.1) is 11.5 Å². The van der Waals surface area contributed by atoms with Crippen LogP contribution in [-0.4, -0.2) is 45.2 Å². The average molecular weight is 394 g/mol. The van der Waals surface area contributed by atoms with Gasteiger partial charge in [0.2, 0.25) is 0 Å². The minimum absolute atomic E-state index is 0.0572. The van der Waals surface area contributed by atoms with Crippen molar-refractivity contribution < 1.29 is 34.4 Å². The normalized spacial score (nSPS) is 47.4. The summed E-state index contributed by atoms with van der Waals surface area (Å²) in [5, 5.41) is 31.7. The molecule has 0 bridgehead atoms. The summed E-state index contributed by atoms with van der Waals surface area (Å²) in [6.45, 7) is 2.88. The summed E-state index contributed by atoms with van der Waals surface area (Å²) in [6.07, 6.45) is 3.99. The minimum Gasteiger partial charge on any atom is -0.393 e. The molecule has 0 amide bonds. The van der Waals surface area contributed by atoms with E-state index < -0.39 is 34.9 Å². The second kappa shape index (κ2) is 6.21. The van der Waals surface area contributed by atoms with Gasteiger partial charge in [-0.25, -0.2) is 0 Å². The Kier molecular flexibility index (Phi) is 4.38. The highest BCUT2D eigenvalue weighted by atomic mass is 19.3. The van der Waals surface area contributed by atoms with Crippen LogP contribution in [0.4, 0.5) is 4.53 Å². The molecule has 7 atom stereocenters. The van der Waals surface area contributed by atoms with E-state index in [1.165, 1.54) is 6.08 Å². The summed E-state index contributed by atoms with van der Waals surface area (Å²) in [7, 11) is 0. The van der Waals surface area contributed by atoms with Crippen molar-refractivity contribution in [2.75, 3.05) is 6.61 Å². The molecule has 0 aromatic rings. The molecule has 7 heteroatoms. The van der Waals surface area contributed by atoms with Crippen LogP contribution in [-0.2, 0) is 14.5 Å². The quantitative estimate of drug-likeness (QED) is 0.674. The van der Waals surface area contributed by atoms with E-state index in [-0.39, 0.29) is 42.1 Å². The zero-order valence-electron chi connectivity index (χ0n) is 16.2. The molecule has 0 aromatic heterocycles. The predicted octanol–water partition coefficient (Wildman–Crippen LogP) is 1.79. The van der Waals surface area contributed by atoms with Gasteiger partial charge >= 0.3 is 0 Å². The van der Waals surface area contributed by atoms with Gasteiger partial charge in [0.25, 0.3) is 0 Å². The van der Waals surface area contributed by atoms with E-state index in [4.69, 9.17) is 0 Å². The van der Waals surface area contributed by atoms with Crippen molar-refractivity contribution in [1.82, 2.24) is 0 Å². The van der Waals surface area contributed by atoms with Crippen LogP contribution in [0.3, 0.4) is 0 Å². The lowest BCUT2D eigenvalue weighted by molar-refractivity contribution is -0.188. The van der Waals surface area contributed by atoms with Crippen LogP contribution in [0.5, 0.6) is 0 Å². The first-order chi connectivity index (χ1) is 13.1. The van der Waals surface area contributed by atoms with Gasteiger partial charge in [-0.05, 0) is 56.9 Å². The summed E-state index contributed by atoms with van der Waals surface area (Å²) in [6, 6.07) is 0. The van der Waals surface area contributed by atoms with Crippen molar-refractivity contribution in [2.24, 2.45) is 28.6 Å². The van der Waals surface area contributed by atoms with E-state index in [0.29, 0.717) is 19.3 Å². The highest BCUT2D eigenvalue weighted by molar-refractivity contribution is 6.01. The molecule has 0 saturated heterocycles.